The Balaban J connectivity index is 0.000000290. The molecule has 2 aliphatic carbocycles. The summed E-state index contributed by atoms with van der Waals surface area (Å²) in [6.45, 7) is 15.5. The standard InChI is InChI=1S/C21H22N.C17H28O2.CH4.Ir/c1-14-10-15(2)12-17(11-14)20-19-13-18(21(3,4)5)7-6-16(19)8-9-22-20;1-12-3-7-14(8-4-12)16(18)11-17(19)15-9-5-13(2)6-10-15;;/h6-11,13H,1-5H3;11-15,18H,3-10H2,1-2H3;1H4;/q-1;;;. The number of ketones is 1. The summed E-state index contributed by atoms with van der Waals surface area (Å²) in [5.74, 6) is 2.48. The quantitative estimate of drug-likeness (QED) is 0.164. The first-order chi connectivity index (χ1) is 19.4. The van der Waals surface area contributed by atoms with Gasteiger partial charge in [-0.05, 0) is 71.0 Å². The number of aliphatic hydroxyl groups excluding tert-OH is 1. The van der Waals surface area contributed by atoms with Gasteiger partial charge in [0.05, 0.1) is 5.76 Å². The van der Waals surface area contributed by atoms with Crippen LogP contribution in [0.15, 0.2) is 54.4 Å². The predicted molar refractivity (Wildman–Crippen MR) is 179 cm³/mol. The van der Waals surface area contributed by atoms with E-state index in [2.05, 4.69) is 95.9 Å². The van der Waals surface area contributed by atoms with Crippen molar-refractivity contribution in [2.45, 2.75) is 113 Å². The molecule has 1 heterocycles. The van der Waals surface area contributed by atoms with Crippen LogP contribution in [0.5, 0.6) is 0 Å². The molecule has 0 aliphatic heterocycles. The van der Waals surface area contributed by atoms with Crippen molar-refractivity contribution in [2.75, 3.05) is 0 Å². The molecule has 2 saturated carbocycles. The van der Waals surface area contributed by atoms with Gasteiger partial charge in [-0.2, -0.15) is 0 Å². The van der Waals surface area contributed by atoms with E-state index in [9.17, 15) is 9.90 Å². The topological polar surface area (TPSA) is 50.2 Å². The van der Waals surface area contributed by atoms with Gasteiger partial charge in [0.2, 0.25) is 0 Å². The van der Waals surface area contributed by atoms with Crippen molar-refractivity contribution in [3.63, 3.8) is 0 Å². The van der Waals surface area contributed by atoms with E-state index in [1.807, 2.05) is 6.20 Å². The second-order valence-corrected chi connectivity index (χ2v) is 14.0. The summed E-state index contributed by atoms with van der Waals surface area (Å²) in [6, 6.07) is 16.5. The molecule has 0 amide bonds. The Morgan fingerprint density at radius 3 is 2.02 bits per heavy atom. The molecule has 1 radical (unpaired) electrons. The average Bonchev–Trinajstić information content (AvgIpc) is 2.92. The fourth-order valence-corrected chi connectivity index (χ4v) is 6.35. The summed E-state index contributed by atoms with van der Waals surface area (Å²) in [6.07, 6.45) is 12.2. The van der Waals surface area contributed by atoms with Crippen LogP contribution in [0.25, 0.3) is 22.0 Å². The summed E-state index contributed by atoms with van der Waals surface area (Å²) in [4.78, 5) is 16.8. The van der Waals surface area contributed by atoms with Crippen LogP contribution in [0.3, 0.4) is 0 Å². The molecule has 43 heavy (non-hydrogen) atoms. The number of nitrogens with zero attached hydrogens (tertiary/aromatic N) is 1. The molecule has 2 aliphatic rings. The third-order valence-corrected chi connectivity index (χ3v) is 9.18. The minimum Gasteiger partial charge on any atom is -0.512 e. The second-order valence-electron chi connectivity index (χ2n) is 14.0. The zero-order valence-electron chi connectivity index (χ0n) is 26.7. The van der Waals surface area contributed by atoms with Crippen LogP contribution in [0.4, 0.5) is 0 Å². The molecule has 237 valence electrons. The van der Waals surface area contributed by atoms with E-state index in [1.165, 1.54) is 34.7 Å². The Hall–Kier alpha value is -2.29. The average molecular weight is 761 g/mol. The van der Waals surface area contributed by atoms with Crippen LogP contribution in [-0.2, 0) is 30.3 Å². The third kappa shape index (κ3) is 10.1. The minimum atomic E-state index is 0. The molecule has 2 aromatic carbocycles. The molecular formula is C39H54IrNO2-. The van der Waals surface area contributed by atoms with E-state index in [0.29, 0.717) is 5.76 Å². The molecule has 0 atom stereocenters. The minimum absolute atomic E-state index is 0. The third-order valence-electron chi connectivity index (χ3n) is 9.18. The number of aliphatic hydroxyl groups is 1. The molecule has 1 N–H and O–H groups in total. The Kier molecular flexibility index (Phi) is 13.9. The number of carbonyl (C=O) groups is 1. The van der Waals surface area contributed by atoms with Crippen molar-refractivity contribution in [3.05, 3.63) is 77.2 Å². The molecule has 1 aromatic heterocycles. The van der Waals surface area contributed by atoms with E-state index in [4.69, 9.17) is 0 Å². The number of aromatic nitrogens is 1. The number of carbonyl (C=O) groups excluding carboxylic acids is 1. The number of benzene rings is 2. The molecule has 0 spiro atoms. The van der Waals surface area contributed by atoms with Crippen molar-refractivity contribution in [3.8, 4) is 11.3 Å². The maximum absolute atomic E-state index is 12.2. The van der Waals surface area contributed by atoms with E-state index in [0.717, 1.165) is 67.2 Å². The maximum atomic E-state index is 12.2. The van der Waals surface area contributed by atoms with Crippen molar-refractivity contribution in [1.29, 1.82) is 0 Å². The van der Waals surface area contributed by atoms with Gasteiger partial charge in [0.1, 0.15) is 0 Å². The van der Waals surface area contributed by atoms with Gasteiger partial charge in [0, 0.05) is 44.2 Å². The summed E-state index contributed by atoms with van der Waals surface area (Å²) in [7, 11) is 0. The second kappa shape index (κ2) is 16.1. The molecule has 0 saturated heterocycles. The number of hydrogen-bond donors (Lipinski definition) is 1. The van der Waals surface area contributed by atoms with Crippen LogP contribution in [0.2, 0.25) is 0 Å². The van der Waals surface area contributed by atoms with Gasteiger partial charge in [0.15, 0.2) is 5.78 Å². The van der Waals surface area contributed by atoms with Crippen molar-refractivity contribution >= 4 is 16.6 Å². The van der Waals surface area contributed by atoms with Crippen LogP contribution in [0, 0.1) is 43.6 Å². The van der Waals surface area contributed by atoms with Crippen LogP contribution in [-0.4, -0.2) is 15.9 Å². The van der Waals surface area contributed by atoms with Gasteiger partial charge >= 0.3 is 0 Å². The van der Waals surface area contributed by atoms with E-state index < -0.39 is 0 Å². The first-order valence-corrected chi connectivity index (χ1v) is 15.7. The van der Waals surface area contributed by atoms with Gasteiger partial charge < -0.3 is 10.1 Å². The Morgan fingerprint density at radius 2 is 1.47 bits per heavy atom. The normalized spacial score (nSPS) is 22.4. The van der Waals surface area contributed by atoms with Gasteiger partial charge in [-0.1, -0.05) is 99.8 Å². The van der Waals surface area contributed by atoms with Crippen molar-refractivity contribution in [2.24, 2.45) is 23.7 Å². The number of fused-ring (bicyclic) bond motifs is 1. The van der Waals surface area contributed by atoms with Crippen molar-refractivity contribution < 1.29 is 30.0 Å². The Labute approximate surface area is 275 Å². The number of pyridine rings is 1. The molecule has 3 nitrogen and oxygen atoms in total. The molecule has 0 unspecified atom stereocenters. The van der Waals surface area contributed by atoms with Crippen LogP contribution < -0.4 is 0 Å². The molecule has 3 aromatic rings. The van der Waals surface area contributed by atoms with Crippen LogP contribution >= 0.6 is 0 Å². The fourth-order valence-electron chi connectivity index (χ4n) is 6.35. The molecular weight excluding hydrogens is 707 g/mol. The predicted octanol–water partition coefficient (Wildman–Crippen LogP) is 10.9. The largest absolute Gasteiger partial charge is 0.512 e. The van der Waals surface area contributed by atoms with Gasteiger partial charge in [-0.15, -0.1) is 34.9 Å². The van der Waals surface area contributed by atoms with E-state index in [-0.39, 0.29) is 50.6 Å². The van der Waals surface area contributed by atoms with Crippen molar-refractivity contribution in [1.82, 2.24) is 4.98 Å². The van der Waals surface area contributed by atoms with Gasteiger partial charge in [0.25, 0.3) is 0 Å². The Bertz CT molecular complexity index is 1350. The molecule has 4 heteroatoms. The summed E-state index contributed by atoms with van der Waals surface area (Å²) in [5, 5.41) is 12.6. The van der Waals surface area contributed by atoms with E-state index >= 15 is 0 Å². The monoisotopic (exact) mass is 761 g/mol. The summed E-state index contributed by atoms with van der Waals surface area (Å²) in [5.41, 5.74) is 5.97. The number of allylic oxidation sites excluding steroid dienone is 2. The maximum Gasteiger partial charge on any atom is 0.162 e. The smallest absolute Gasteiger partial charge is 0.162 e. The van der Waals surface area contributed by atoms with Gasteiger partial charge in [-0.3, -0.25) is 4.79 Å². The summed E-state index contributed by atoms with van der Waals surface area (Å²) >= 11 is 0. The van der Waals surface area contributed by atoms with Crippen LogP contribution in [0.1, 0.15) is 110 Å². The molecule has 0 bridgehead atoms. The molecule has 2 fully saturated rings. The fraction of sp³-hybridized carbons (Fsp3) is 0.538. The number of rotatable bonds is 4. The Morgan fingerprint density at radius 1 is 0.884 bits per heavy atom. The van der Waals surface area contributed by atoms with Gasteiger partial charge in [-0.25, -0.2) is 0 Å². The number of aryl methyl sites for hydroxylation is 2. The zero-order valence-corrected chi connectivity index (χ0v) is 29.1. The first-order valence-electron chi connectivity index (χ1n) is 15.7. The zero-order chi connectivity index (χ0) is 29.7. The SMILES string of the molecule is C.CC1CCC(C(=O)C=C(O)C2CCC(C)CC2)CC1.Cc1[c-]c(-c2nccc3ccc(C(C)(C)C)cc23)cc(C)c1.[Ir]. The van der Waals surface area contributed by atoms with E-state index in [1.54, 1.807) is 6.08 Å². The number of hydrogen-bond acceptors (Lipinski definition) is 3. The summed E-state index contributed by atoms with van der Waals surface area (Å²) < 4.78 is 0. The first kappa shape index (κ1) is 36.9. The molecule has 5 rings (SSSR count).